The molecule has 9 heteroatoms. The number of amidine groups is 1. The van der Waals surface area contributed by atoms with Crippen molar-refractivity contribution in [2.24, 2.45) is 4.99 Å². The van der Waals surface area contributed by atoms with E-state index in [0.717, 1.165) is 37.1 Å². The van der Waals surface area contributed by atoms with Crippen LogP contribution in [-0.4, -0.2) is 51.0 Å². The smallest absolute Gasteiger partial charge is 0.416 e. The molecule has 0 aromatic heterocycles. The highest BCUT2D eigenvalue weighted by Crippen LogP contribution is 2.29. The van der Waals surface area contributed by atoms with Gasteiger partial charge in [-0.3, -0.25) is 10.1 Å². The molecule has 1 aliphatic heterocycles. The molecule has 1 amide bonds. The number of nitrogens with one attached hydrogen (secondary N) is 1. The lowest BCUT2D eigenvalue weighted by Crippen LogP contribution is -2.34. The first-order valence-electron chi connectivity index (χ1n) is 8.75. The number of alkyl halides is 3. The Bertz CT molecular complexity index is 626. The first-order valence-corrected chi connectivity index (χ1v) is 8.75. The summed E-state index contributed by atoms with van der Waals surface area (Å²) >= 11 is 0. The van der Waals surface area contributed by atoms with Gasteiger partial charge in [0.2, 0.25) is 0 Å². The van der Waals surface area contributed by atoms with Crippen molar-refractivity contribution in [3.05, 3.63) is 35.4 Å². The molecule has 1 atom stereocenters. The summed E-state index contributed by atoms with van der Waals surface area (Å²) < 4.78 is 53.9. The molecule has 0 radical (unpaired) electrons. The van der Waals surface area contributed by atoms with Crippen molar-refractivity contribution in [3.63, 3.8) is 0 Å². The quantitative estimate of drug-likeness (QED) is 0.443. The molecule has 2 rings (SSSR count). The van der Waals surface area contributed by atoms with E-state index in [1.807, 2.05) is 6.92 Å². The zero-order valence-electron chi connectivity index (χ0n) is 15.1. The monoisotopic (exact) mass is 388 g/mol. The lowest BCUT2D eigenvalue weighted by Gasteiger charge is -2.13. The number of ether oxygens (including phenoxy) is 3. The summed E-state index contributed by atoms with van der Waals surface area (Å²) in [5.74, 6) is -0.605. The van der Waals surface area contributed by atoms with Crippen LogP contribution in [-0.2, 0) is 20.4 Å². The van der Waals surface area contributed by atoms with E-state index in [2.05, 4.69) is 10.3 Å². The van der Waals surface area contributed by atoms with E-state index in [1.54, 1.807) is 0 Å². The molecular weight excluding hydrogens is 365 g/mol. The molecule has 1 aliphatic rings. The van der Waals surface area contributed by atoms with Gasteiger partial charge in [-0.05, 0) is 44.0 Å². The number of hydrogen-bond acceptors (Lipinski definition) is 5. The first kappa shape index (κ1) is 21.2. The highest BCUT2D eigenvalue weighted by molar-refractivity contribution is 6.04. The Hall–Kier alpha value is -2.13. The number of rotatable bonds is 7. The summed E-state index contributed by atoms with van der Waals surface area (Å²) in [5, 5.41) is 2.49. The van der Waals surface area contributed by atoms with Crippen LogP contribution in [0.1, 0.15) is 35.7 Å². The van der Waals surface area contributed by atoms with Gasteiger partial charge in [0.1, 0.15) is 6.61 Å². The molecule has 1 aromatic carbocycles. The number of benzene rings is 1. The van der Waals surface area contributed by atoms with Crippen molar-refractivity contribution in [2.75, 3.05) is 33.0 Å². The van der Waals surface area contributed by atoms with E-state index in [-0.39, 0.29) is 24.3 Å². The fraction of sp³-hybridized carbons (Fsp3) is 0.556. The Morgan fingerprint density at radius 3 is 2.63 bits per heavy atom. The Morgan fingerprint density at radius 1 is 1.30 bits per heavy atom. The molecule has 0 aliphatic carbocycles. The van der Waals surface area contributed by atoms with Gasteiger partial charge in [0.15, 0.2) is 0 Å². The van der Waals surface area contributed by atoms with Gasteiger partial charge < -0.3 is 14.2 Å². The van der Waals surface area contributed by atoms with Gasteiger partial charge >= 0.3 is 6.18 Å². The Labute approximate surface area is 155 Å². The third kappa shape index (κ3) is 7.18. The van der Waals surface area contributed by atoms with Crippen LogP contribution in [0.3, 0.4) is 0 Å². The topological polar surface area (TPSA) is 69.2 Å². The second kappa shape index (κ2) is 10.3. The number of halogens is 3. The molecular formula is C18H23F3N2O4. The van der Waals surface area contributed by atoms with Crippen molar-refractivity contribution in [1.29, 1.82) is 0 Å². The Kier molecular flexibility index (Phi) is 8.05. The molecule has 150 valence electrons. The lowest BCUT2D eigenvalue weighted by molar-refractivity contribution is -0.137. The maximum Gasteiger partial charge on any atom is 0.416 e. The average molecular weight is 388 g/mol. The van der Waals surface area contributed by atoms with E-state index in [0.29, 0.717) is 26.4 Å². The van der Waals surface area contributed by atoms with Crippen molar-refractivity contribution >= 4 is 11.9 Å². The standard InChI is InChI=1S/C18H23F3N2O4/c1-2-25-10-11-27-17(22-12-15-4-3-9-26-15)23-16(24)13-5-7-14(8-6-13)18(19,20)21/h5-8,15H,2-4,9-12H2,1H3,(H,22,23,24)/t15-/m0/s1. The van der Waals surface area contributed by atoms with E-state index in [9.17, 15) is 18.0 Å². The SMILES string of the molecule is CCOCCOC(=NC[C@@H]1CCCO1)NC(=O)c1ccc(C(F)(F)F)cc1. The molecule has 0 saturated carbocycles. The van der Waals surface area contributed by atoms with E-state index < -0.39 is 17.6 Å². The molecule has 1 aromatic rings. The minimum absolute atomic E-state index is 0.00454. The van der Waals surface area contributed by atoms with E-state index >= 15 is 0 Å². The van der Waals surface area contributed by atoms with Crippen LogP contribution in [0.5, 0.6) is 0 Å². The van der Waals surface area contributed by atoms with Crippen LogP contribution >= 0.6 is 0 Å². The number of amides is 1. The maximum absolute atomic E-state index is 12.6. The van der Waals surface area contributed by atoms with Crippen LogP contribution in [0.4, 0.5) is 13.2 Å². The highest BCUT2D eigenvalue weighted by atomic mass is 19.4. The Balaban J connectivity index is 1.98. The zero-order valence-corrected chi connectivity index (χ0v) is 15.1. The highest BCUT2D eigenvalue weighted by Gasteiger charge is 2.30. The summed E-state index contributed by atoms with van der Waals surface area (Å²) in [6, 6.07) is 3.92. The second-order valence-electron chi connectivity index (χ2n) is 5.86. The fourth-order valence-corrected chi connectivity index (χ4v) is 2.42. The van der Waals surface area contributed by atoms with Crippen LogP contribution in [0, 0.1) is 0 Å². The summed E-state index contributed by atoms with van der Waals surface area (Å²) in [4.78, 5) is 16.5. The van der Waals surface area contributed by atoms with Gasteiger partial charge in [-0.25, -0.2) is 4.99 Å². The minimum atomic E-state index is -4.45. The molecule has 1 saturated heterocycles. The number of hydrogen-bond donors (Lipinski definition) is 1. The van der Waals surface area contributed by atoms with Gasteiger partial charge in [-0.1, -0.05) is 0 Å². The number of nitrogens with zero attached hydrogens (tertiary/aromatic N) is 1. The third-order valence-corrected chi connectivity index (χ3v) is 3.83. The summed E-state index contributed by atoms with van der Waals surface area (Å²) in [5.41, 5.74) is -0.750. The number of carbonyl (C=O) groups is 1. The van der Waals surface area contributed by atoms with Gasteiger partial charge in [-0.2, -0.15) is 13.2 Å². The predicted molar refractivity (Wildman–Crippen MR) is 92.6 cm³/mol. The molecule has 6 nitrogen and oxygen atoms in total. The summed E-state index contributed by atoms with van der Waals surface area (Å²) in [6.07, 6.45) is -2.65. The fourth-order valence-electron chi connectivity index (χ4n) is 2.42. The lowest BCUT2D eigenvalue weighted by atomic mass is 10.1. The van der Waals surface area contributed by atoms with Crippen molar-refractivity contribution in [3.8, 4) is 0 Å². The van der Waals surface area contributed by atoms with E-state index in [1.165, 1.54) is 0 Å². The molecule has 0 bridgehead atoms. The van der Waals surface area contributed by atoms with Gasteiger partial charge in [0, 0.05) is 18.8 Å². The summed E-state index contributed by atoms with van der Waals surface area (Å²) in [7, 11) is 0. The molecule has 1 fully saturated rings. The Morgan fingerprint density at radius 2 is 2.04 bits per heavy atom. The van der Waals surface area contributed by atoms with Gasteiger partial charge in [0.25, 0.3) is 11.9 Å². The normalized spacial score (nSPS) is 17.8. The average Bonchev–Trinajstić information content (AvgIpc) is 3.16. The first-order chi connectivity index (χ1) is 12.9. The van der Waals surface area contributed by atoms with Crippen molar-refractivity contribution in [2.45, 2.75) is 32.0 Å². The molecule has 27 heavy (non-hydrogen) atoms. The largest absolute Gasteiger partial charge is 0.463 e. The molecule has 1 heterocycles. The van der Waals surface area contributed by atoms with Gasteiger partial charge in [-0.15, -0.1) is 0 Å². The molecule has 1 N–H and O–H groups in total. The van der Waals surface area contributed by atoms with Gasteiger partial charge in [0.05, 0.1) is 24.8 Å². The van der Waals surface area contributed by atoms with Crippen LogP contribution in [0.25, 0.3) is 0 Å². The second-order valence-corrected chi connectivity index (χ2v) is 5.86. The maximum atomic E-state index is 12.6. The van der Waals surface area contributed by atoms with Crippen LogP contribution in [0.2, 0.25) is 0 Å². The molecule has 0 spiro atoms. The van der Waals surface area contributed by atoms with Crippen molar-refractivity contribution < 1.29 is 32.2 Å². The number of aliphatic imine (C=N–C) groups is 1. The predicted octanol–water partition coefficient (Wildman–Crippen LogP) is 3.02. The van der Waals surface area contributed by atoms with Crippen LogP contribution in [0.15, 0.2) is 29.3 Å². The summed E-state index contributed by atoms with van der Waals surface area (Å²) in [6.45, 7) is 3.90. The van der Waals surface area contributed by atoms with Crippen LogP contribution < -0.4 is 5.32 Å². The third-order valence-electron chi connectivity index (χ3n) is 3.83. The van der Waals surface area contributed by atoms with E-state index in [4.69, 9.17) is 14.2 Å². The number of carbonyl (C=O) groups excluding carboxylic acids is 1. The van der Waals surface area contributed by atoms with Crippen molar-refractivity contribution in [1.82, 2.24) is 5.32 Å². The minimum Gasteiger partial charge on any atom is -0.463 e. The molecule has 0 unspecified atom stereocenters. The zero-order chi connectivity index (χ0) is 19.7.